The number of hydrogen-bond acceptors (Lipinski definition) is 3. The lowest BCUT2D eigenvalue weighted by Gasteiger charge is -2.22. The molecule has 0 unspecified atom stereocenters. The Bertz CT molecular complexity index is 1490. The van der Waals surface area contributed by atoms with Crippen molar-refractivity contribution in [1.29, 1.82) is 0 Å². The van der Waals surface area contributed by atoms with Gasteiger partial charge in [0.25, 0.3) is 11.5 Å². The number of nitrogens with one attached hydrogen (secondary N) is 1. The molecule has 0 radical (unpaired) electrons. The van der Waals surface area contributed by atoms with E-state index in [0.29, 0.717) is 35.2 Å². The first-order chi connectivity index (χ1) is 17.2. The van der Waals surface area contributed by atoms with Gasteiger partial charge in [0.2, 0.25) is 0 Å². The van der Waals surface area contributed by atoms with E-state index in [4.69, 9.17) is 0 Å². The molecule has 0 fully saturated rings. The average Bonchev–Trinajstić information content (AvgIpc) is 2.89. The number of carbonyl (C=O) groups is 1. The highest BCUT2D eigenvalue weighted by molar-refractivity contribution is 5.99. The van der Waals surface area contributed by atoms with Crippen LogP contribution in [0, 0.1) is 0 Å². The number of rotatable bonds is 4. The zero-order chi connectivity index (χ0) is 25.4. The first-order valence-corrected chi connectivity index (χ1v) is 11.8. The number of aryl methyl sites for hydroxylation is 1. The van der Waals surface area contributed by atoms with Crippen molar-refractivity contribution in [2.24, 2.45) is 0 Å². The van der Waals surface area contributed by atoms with Gasteiger partial charge in [0.1, 0.15) is 0 Å². The second-order valence-corrected chi connectivity index (χ2v) is 9.03. The Labute approximate surface area is 205 Å². The molecule has 4 aromatic rings. The number of alkyl halides is 3. The molecule has 0 aliphatic heterocycles. The Kier molecular flexibility index (Phi) is 6.12. The zero-order valence-electron chi connectivity index (χ0n) is 19.6. The predicted molar refractivity (Wildman–Crippen MR) is 131 cm³/mol. The van der Waals surface area contributed by atoms with Crippen LogP contribution in [0.25, 0.3) is 16.6 Å². The summed E-state index contributed by atoms with van der Waals surface area (Å²) in [6, 6.07) is 14.9. The van der Waals surface area contributed by atoms with Crippen molar-refractivity contribution in [3.63, 3.8) is 0 Å². The van der Waals surface area contributed by atoms with Crippen LogP contribution in [0.2, 0.25) is 0 Å². The SMILES string of the molecule is C[C@H](NC(=O)c1ccc2c(c1)c1c(c(=O)n2-c2ccc(C(F)(F)F)cc2)CCCC1)c1ccccn1. The number of fused-ring (bicyclic) bond motifs is 3. The van der Waals surface area contributed by atoms with Gasteiger partial charge >= 0.3 is 6.18 Å². The molecule has 0 saturated carbocycles. The summed E-state index contributed by atoms with van der Waals surface area (Å²) in [6.07, 6.45) is 0.306. The summed E-state index contributed by atoms with van der Waals surface area (Å²) in [6.45, 7) is 1.85. The molecule has 0 spiro atoms. The van der Waals surface area contributed by atoms with Gasteiger partial charge in [0, 0.05) is 28.4 Å². The quantitative estimate of drug-likeness (QED) is 0.394. The van der Waals surface area contributed by atoms with E-state index in [-0.39, 0.29) is 17.5 Å². The number of halogens is 3. The zero-order valence-corrected chi connectivity index (χ0v) is 19.6. The fourth-order valence-electron chi connectivity index (χ4n) is 4.84. The van der Waals surface area contributed by atoms with Crippen molar-refractivity contribution < 1.29 is 18.0 Å². The number of nitrogens with zero attached hydrogens (tertiary/aromatic N) is 2. The number of hydrogen-bond donors (Lipinski definition) is 1. The van der Waals surface area contributed by atoms with E-state index < -0.39 is 11.7 Å². The molecule has 1 N–H and O–H groups in total. The summed E-state index contributed by atoms with van der Waals surface area (Å²) < 4.78 is 40.7. The molecule has 0 bridgehead atoms. The summed E-state index contributed by atoms with van der Waals surface area (Å²) in [5, 5.41) is 3.72. The first kappa shape index (κ1) is 23.8. The van der Waals surface area contributed by atoms with E-state index in [1.54, 1.807) is 30.5 Å². The fraction of sp³-hybridized carbons (Fsp3) is 0.250. The third-order valence-electron chi connectivity index (χ3n) is 6.69. The minimum atomic E-state index is -4.46. The normalized spacial score (nSPS) is 14.3. The number of carbonyl (C=O) groups excluding carboxylic acids is 1. The van der Waals surface area contributed by atoms with Gasteiger partial charge in [-0.05, 0) is 92.8 Å². The Balaban J connectivity index is 1.60. The summed E-state index contributed by atoms with van der Waals surface area (Å²) in [7, 11) is 0. The van der Waals surface area contributed by atoms with E-state index in [0.717, 1.165) is 41.6 Å². The van der Waals surface area contributed by atoms with E-state index in [9.17, 15) is 22.8 Å². The fourth-order valence-corrected chi connectivity index (χ4v) is 4.84. The highest BCUT2D eigenvalue weighted by Gasteiger charge is 2.30. The van der Waals surface area contributed by atoms with Crippen molar-refractivity contribution in [2.45, 2.75) is 44.8 Å². The molecule has 184 valence electrons. The Hall–Kier alpha value is -3.94. The van der Waals surface area contributed by atoms with Gasteiger partial charge in [0.15, 0.2) is 0 Å². The van der Waals surface area contributed by atoms with Crippen LogP contribution in [0.5, 0.6) is 0 Å². The largest absolute Gasteiger partial charge is 0.416 e. The second-order valence-electron chi connectivity index (χ2n) is 9.03. The molecule has 0 saturated heterocycles. The first-order valence-electron chi connectivity index (χ1n) is 11.8. The van der Waals surface area contributed by atoms with Crippen molar-refractivity contribution in [1.82, 2.24) is 14.9 Å². The van der Waals surface area contributed by atoms with Gasteiger partial charge in [-0.3, -0.25) is 19.1 Å². The van der Waals surface area contributed by atoms with E-state index in [1.165, 1.54) is 16.7 Å². The molecular weight excluding hydrogens is 467 g/mol. The van der Waals surface area contributed by atoms with Crippen molar-refractivity contribution in [2.75, 3.05) is 0 Å². The smallest absolute Gasteiger partial charge is 0.344 e. The van der Waals surface area contributed by atoms with Crippen LogP contribution in [0.3, 0.4) is 0 Å². The monoisotopic (exact) mass is 491 g/mol. The maximum Gasteiger partial charge on any atom is 0.416 e. The molecule has 2 aromatic carbocycles. The van der Waals surface area contributed by atoms with Gasteiger partial charge in [-0.2, -0.15) is 13.2 Å². The molecule has 36 heavy (non-hydrogen) atoms. The summed E-state index contributed by atoms with van der Waals surface area (Å²) in [5.74, 6) is -0.271. The Morgan fingerprint density at radius 1 is 1.00 bits per heavy atom. The average molecular weight is 492 g/mol. The van der Waals surface area contributed by atoms with Gasteiger partial charge in [-0.1, -0.05) is 6.07 Å². The highest BCUT2D eigenvalue weighted by Crippen LogP contribution is 2.32. The molecule has 2 heterocycles. The molecule has 8 heteroatoms. The lowest BCUT2D eigenvalue weighted by Crippen LogP contribution is -2.28. The molecular formula is C28H24F3N3O2. The lowest BCUT2D eigenvalue weighted by atomic mass is 9.89. The van der Waals surface area contributed by atoms with Crippen molar-refractivity contribution in [3.8, 4) is 5.69 Å². The van der Waals surface area contributed by atoms with Crippen LogP contribution >= 0.6 is 0 Å². The molecule has 1 aliphatic carbocycles. The number of pyridine rings is 2. The van der Waals surface area contributed by atoms with Crippen LogP contribution in [-0.2, 0) is 19.0 Å². The third kappa shape index (κ3) is 4.39. The van der Waals surface area contributed by atoms with Crippen LogP contribution in [0.1, 0.15) is 58.5 Å². The van der Waals surface area contributed by atoms with Gasteiger partial charge in [0.05, 0.1) is 22.8 Å². The second kappa shape index (κ2) is 9.26. The highest BCUT2D eigenvalue weighted by atomic mass is 19.4. The van der Waals surface area contributed by atoms with Crippen LogP contribution < -0.4 is 10.9 Å². The summed E-state index contributed by atoms with van der Waals surface area (Å²) >= 11 is 0. The topological polar surface area (TPSA) is 64.0 Å². The predicted octanol–water partition coefficient (Wildman–Crippen LogP) is 5.77. The van der Waals surface area contributed by atoms with Gasteiger partial charge < -0.3 is 5.32 Å². The van der Waals surface area contributed by atoms with E-state index >= 15 is 0 Å². The molecule has 1 atom stereocenters. The lowest BCUT2D eigenvalue weighted by molar-refractivity contribution is -0.137. The minimum absolute atomic E-state index is 0.224. The Morgan fingerprint density at radius 2 is 1.72 bits per heavy atom. The van der Waals surface area contributed by atoms with Crippen LogP contribution in [0.15, 0.2) is 71.7 Å². The summed E-state index contributed by atoms with van der Waals surface area (Å²) in [4.78, 5) is 30.9. The van der Waals surface area contributed by atoms with Gasteiger partial charge in [-0.15, -0.1) is 0 Å². The molecule has 2 aromatic heterocycles. The number of amides is 1. The maximum absolute atomic E-state index is 13.5. The Morgan fingerprint density at radius 3 is 2.39 bits per heavy atom. The van der Waals surface area contributed by atoms with Gasteiger partial charge in [-0.25, -0.2) is 0 Å². The molecule has 1 aliphatic rings. The maximum atomic E-state index is 13.5. The summed E-state index contributed by atoms with van der Waals surface area (Å²) in [5.41, 5.74) is 2.67. The standard InChI is InChI=1S/C28H24F3N3O2/c1-17(24-8-4-5-15-32-24)33-26(35)18-9-14-25-23(16-18)21-6-2-3-7-22(21)27(36)34(25)20-12-10-19(11-13-20)28(29,30)31/h4-5,8-17H,2-3,6-7H2,1H3,(H,33,35)/t17-/m0/s1. The minimum Gasteiger partial charge on any atom is -0.344 e. The molecule has 1 amide bonds. The van der Waals surface area contributed by atoms with E-state index in [1.807, 2.05) is 19.1 Å². The van der Waals surface area contributed by atoms with Crippen molar-refractivity contribution in [3.05, 3.63) is 105 Å². The number of benzene rings is 2. The van der Waals surface area contributed by atoms with Crippen LogP contribution in [-0.4, -0.2) is 15.5 Å². The van der Waals surface area contributed by atoms with Crippen molar-refractivity contribution >= 4 is 16.8 Å². The third-order valence-corrected chi connectivity index (χ3v) is 6.69. The molecule has 5 rings (SSSR count). The van der Waals surface area contributed by atoms with E-state index in [2.05, 4.69) is 10.3 Å². The van der Waals surface area contributed by atoms with Crippen LogP contribution in [0.4, 0.5) is 13.2 Å². The number of aromatic nitrogens is 2. The molecule has 5 nitrogen and oxygen atoms in total.